The van der Waals surface area contributed by atoms with Gasteiger partial charge in [0.25, 0.3) is 0 Å². The standard InChI is InChI=1S/C67H43NS2/c1-2-5-17-41(16-4-1)46-24-12-28-55-57-30-14-26-48(66(57)69-64(46)55)43-32-36-62-60(38-43)61-39-44(49-27-15-31-58-56-29-13-25-47(65(56)70-67(49)58)42-18-6-3-7-19-42)33-37-63(61)68(62)45-34-35-54-52-22-9-8-20-50(52)51-21-10-11-23-53(51)59(54)40-45/h1-4,6,8-18,20-40H,5,7,19H2. The quantitative estimate of drug-likeness (QED) is 0.152. The van der Waals surface area contributed by atoms with Crippen LogP contribution in [-0.2, 0) is 0 Å². The van der Waals surface area contributed by atoms with Crippen LogP contribution in [-0.4, -0.2) is 4.57 Å². The summed E-state index contributed by atoms with van der Waals surface area (Å²) in [6.45, 7) is 0. The van der Waals surface area contributed by atoms with Gasteiger partial charge in [-0.1, -0.05) is 188 Å². The zero-order valence-corrected chi connectivity index (χ0v) is 39.9. The summed E-state index contributed by atoms with van der Waals surface area (Å²) in [6, 6.07) is 66.8. The minimum atomic E-state index is 0.938. The highest BCUT2D eigenvalue weighted by Crippen LogP contribution is 2.48. The summed E-state index contributed by atoms with van der Waals surface area (Å²) in [7, 11) is 0. The van der Waals surface area contributed by atoms with Crippen LogP contribution >= 0.6 is 22.7 Å². The van der Waals surface area contributed by atoms with Gasteiger partial charge in [0.2, 0.25) is 0 Å². The minimum absolute atomic E-state index is 0.938. The molecule has 0 spiro atoms. The van der Waals surface area contributed by atoms with E-state index in [1.54, 1.807) is 0 Å². The fourth-order valence-corrected chi connectivity index (χ4v) is 14.6. The molecule has 15 rings (SSSR count). The lowest BCUT2D eigenvalue weighted by molar-refractivity contribution is 1.06. The van der Waals surface area contributed by atoms with E-state index >= 15 is 0 Å². The average molecular weight is 926 g/mol. The van der Waals surface area contributed by atoms with Crippen molar-refractivity contribution < 1.29 is 0 Å². The molecular weight excluding hydrogens is 883 g/mol. The predicted molar refractivity (Wildman–Crippen MR) is 307 cm³/mol. The Labute approximate surface area is 413 Å². The van der Waals surface area contributed by atoms with E-state index in [0.29, 0.717) is 0 Å². The van der Waals surface area contributed by atoms with Crippen molar-refractivity contribution in [1.29, 1.82) is 0 Å². The van der Waals surface area contributed by atoms with Crippen LogP contribution in [0.5, 0.6) is 0 Å². The second-order valence-electron chi connectivity index (χ2n) is 18.9. The Bertz CT molecular complexity index is 4520. The van der Waals surface area contributed by atoms with E-state index in [-0.39, 0.29) is 0 Å². The summed E-state index contributed by atoms with van der Waals surface area (Å²) < 4.78 is 7.91. The van der Waals surface area contributed by atoms with Gasteiger partial charge >= 0.3 is 0 Å². The predicted octanol–water partition coefficient (Wildman–Crippen LogP) is 19.9. The van der Waals surface area contributed by atoms with Crippen LogP contribution < -0.4 is 0 Å². The Balaban J connectivity index is 0.970. The van der Waals surface area contributed by atoms with Crippen molar-refractivity contribution >= 4 is 128 Å². The molecule has 0 fully saturated rings. The summed E-state index contributed by atoms with van der Waals surface area (Å²) in [5, 5.41) is 15.5. The molecule has 0 unspecified atom stereocenters. The largest absolute Gasteiger partial charge is 0.309 e. The second-order valence-corrected chi connectivity index (χ2v) is 20.9. The molecule has 0 aliphatic heterocycles. The number of hydrogen-bond acceptors (Lipinski definition) is 2. The van der Waals surface area contributed by atoms with Gasteiger partial charge in [0, 0.05) is 56.8 Å². The van der Waals surface area contributed by atoms with Gasteiger partial charge in [0.05, 0.1) is 11.0 Å². The Morgan fingerprint density at radius 2 is 0.886 bits per heavy atom. The van der Waals surface area contributed by atoms with Crippen molar-refractivity contribution in [1.82, 2.24) is 4.57 Å². The first kappa shape index (κ1) is 39.9. The molecule has 0 atom stereocenters. The third kappa shape index (κ3) is 6.02. The highest BCUT2D eigenvalue weighted by molar-refractivity contribution is 7.27. The van der Waals surface area contributed by atoms with Gasteiger partial charge in [-0.15, -0.1) is 22.7 Å². The Morgan fingerprint density at radius 3 is 1.47 bits per heavy atom. The molecule has 3 heterocycles. The molecule has 1 nitrogen and oxygen atoms in total. The van der Waals surface area contributed by atoms with E-state index in [2.05, 4.69) is 229 Å². The van der Waals surface area contributed by atoms with Crippen molar-refractivity contribution in [2.75, 3.05) is 0 Å². The Morgan fingerprint density at radius 1 is 0.371 bits per heavy atom. The molecule has 0 saturated carbocycles. The first-order valence-corrected chi connectivity index (χ1v) is 26.1. The van der Waals surface area contributed by atoms with Crippen LogP contribution in [0.15, 0.2) is 225 Å². The van der Waals surface area contributed by atoms with Gasteiger partial charge in [-0.3, -0.25) is 0 Å². The van der Waals surface area contributed by atoms with Gasteiger partial charge in [0.15, 0.2) is 0 Å². The molecule has 0 N–H and O–H groups in total. The molecule has 328 valence electrons. The van der Waals surface area contributed by atoms with E-state index < -0.39 is 0 Å². The summed E-state index contributed by atoms with van der Waals surface area (Å²) in [5.41, 5.74) is 14.0. The van der Waals surface area contributed by atoms with E-state index in [4.69, 9.17) is 0 Å². The Kier molecular flexibility index (Phi) is 8.96. The van der Waals surface area contributed by atoms with E-state index in [0.717, 1.165) is 24.9 Å². The molecule has 2 aliphatic carbocycles. The van der Waals surface area contributed by atoms with Gasteiger partial charge in [-0.2, -0.15) is 0 Å². The number of fused-ring (bicyclic) bond motifs is 15. The van der Waals surface area contributed by atoms with Crippen LogP contribution in [0.4, 0.5) is 0 Å². The Hall–Kier alpha value is -8.08. The van der Waals surface area contributed by atoms with Gasteiger partial charge in [0.1, 0.15) is 0 Å². The van der Waals surface area contributed by atoms with Crippen molar-refractivity contribution in [2.45, 2.75) is 19.3 Å². The number of thiophene rings is 2. The van der Waals surface area contributed by atoms with Crippen LogP contribution in [0.3, 0.4) is 0 Å². The van der Waals surface area contributed by atoms with Crippen molar-refractivity contribution in [3.63, 3.8) is 0 Å². The van der Waals surface area contributed by atoms with Crippen LogP contribution in [0.2, 0.25) is 0 Å². The monoisotopic (exact) mass is 925 g/mol. The normalized spacial score (nSPS) is 14.1. The molecule has 0 saturated heterocycles. The van der Waals surface area contributed by atoms with Crippen LogP contribution in [0, 0.1) is 0 Å². The SMILES string of the molecule is C1=CCC=C(c2cccc3c2sc2c(-c4ccc5c(c4)c4cc(-c6cccc7c6sc6c(C8=CC=CCC8)cccc67)ccc4n5-c4ccc5c6ccccc6c6ccccc6c5c4)cccc23)C=C1. The average Bonchev–Trinajstić information content (AvgIpc) is 4.02. The smallest absolute Gasteiger partial charge is 0.0541 e. The van der Waals surface area contributed by atoms with Gasteiger partial charge < -0.3 is 4.57 Å². The van der Waals surface area contributed by atoms with E-state index in [9.17, 15) is 0 Å². The lowest BCUT2D eigenvalue weighted by atomic mass is 9.94. The number of allylic oxidation sites excluding steroid dienone is 10. The fraction of sp³-hybridized carbons (Fsp3) is 0.0448. The highest BCUT2D eigenvalue weighted by atomic mass is 32.1. The zero-order valence-electron chi connectivity index (χ0n) is 38.2. The first-order valence-electron chi connectivity index (χ1n) is 24.4. The van der Waals surface area contributed by atoms with E-state index in [1.807, 2.05) is 22.7 Å². The van der Waals surface area contributed by atoms with Gasteiger partial charge in [-0.05, 0) is 133 Å². The van der Waals surface area contributed by atoms with E-state index in [1.165, 1.54) is 139 Å². The topological polar surface area (TPSA) is 4.93 Å². The number of rotatable bonds is 5. The molecule has 3 heteroatoms. The van der Waals surface area contributed by atoms with Crippen molar-refractivity contribution in [2.24, 2.45) is 0 Å². The highest BCUT2D eigenvalue weighted by Gasteiger charge is 2.21. The fourth-order valence-electron chi connectivity index (χ4n) is 11.9. The summed E-state index contributed by atoms with van der Waals surface area (Å²) in [4.78, 5) is 0. The molecule has 13 aromatic rings. The molecule has 0 radical (unpaired) electrons. The molecule has 2 aliphatic rings. The van der Waals surface area contributed by atoms with Crippen LogP contribution in [0.1, 0.15) is 30.4 Å². The maximum absolute atomic E-state index is 2.51. The molecule has 10 aromatic carbocycles. The first-order chi connectivity index (χ1) is 34.7. The summed E-state index contributed by atoms with van der Waals surface area (Å²) >= 11 is 3.88. The number of benzene rings is 10. The minimum Gasteiger partial charge on any atom is -0.309 e. The molecular formula is C67H43NS2. The molecule has 3 aromatic heterocycles. The van der Waals surface area contributed by atoms with Crippen molar-refractivity contribution in [3.8, 4) is 27.9 Å². The maximum Gasteiger partial charge on any atom is 0.0541 e. The lowest BCUT2D eigenvalue weighted by Crippen LogP contribution is -1.94. The summed E-state index contributed by atoms with van der Waals surface area (Å²) in [6.07, 6.45) is 21.1. The lowest BCUT2D eigenvalue weighted by Gasteiger charge is -2.14. The maximum atomic E-state index is 2.51. The number of aromatic nitrogens is 1. The van der Waals surface area contributed by atoms with Crippen LogP contribution in [0.25, 0.3) is 134 Å². The molecule has 70 heavy (non-hydrogen) atoms. The third-order valence-corrected chi connectivity index (χ3v) is 17.7. The molecule has 0 bridgehead atoms. The van der Waals surface area contributed by atoms with Gasteiger partial charge in [-0.25, -0.2) is 0 Å². The second kappa shape index (κ2) is 15.7. The van der Waals surface area contributed by atoms with Crippen molar-refractivity contribution in [3.05, 3.63) is 236 Å². The number of hydrogen-bond donors (Lipinski definition) is 0. The third-order valence-electron chi connectivity index (χ3n) is 15.1. The zero-order chi connectivity index (χ0) is 45.9. The summed E-state index contributed by atoms with van der Waals surface area (Å²) in [5.74, 6) is 0. The molecule has 0 amide bonds. The number of nitrogens with zero attached hydrogens (tertiary/aromatic N) is 1.